The monoisotopic (exact) mass is 318 g/mol. The van der Waals surface area contributed by atoms with Crippen molar-refractivity contribution in [2.45, 2.75) is 0 Å². The smallest absolute Gasteiger partial charge is 0.215 e. The first-order valence-corrected chi connectivity index (χ1v) is 6.20. The molecule has 3 N–H and O–H groups in total. The third-order valence-electron chi connectivity index (χ3n) is 2.46. The van der Waals surface area contributed by atoms with Crippen LogP contribution >= 0.6 is 15.9 Å². The Balaban J connectivity index is 2.33. The highest BCUT2D eigenvalue weighted by molar-refractivity contribution is 9.10. The Kier molecular flexibility index (Phi) is 3.88. The second-order valence-electron chi connectivity index (χ2n) is 3.72. The summed E-state index contributed by atoms with van der Waals surface area (Å²) in [7, 11) is 1.54. The molecule has 0 fully saturated rings. The fraction of sp³-hybridized carbons (Fsp3) is 0.0769. The molecule has 19 heavy (non-hydrogen) atoms. The molecule has 0 amide bonds. The highest BCUT2D eigenvalue weighted by Crippen LogP contribution is 2.29. The molecule has 0 radical (unpaired) electrons. The number of pyridine rings is 1. The lowest BCUT2D eigenvalue weighted by molar-refractivity contribution is 0.398. The maximum Gasteiger partial charge on any atom is 0.215 e. The molecule has 0 aliphatic heterocycles. The summed E-state index contributed by atoms with van der Waals surface area (Å²) in [5.74, 6) is 0.978. The van der Waals surface area contributed by atoms with Crippen LogP contribution in [0, 0.1) is 11.3 Å². The molecular formula is C13H11BrN4O. The van der Waals surface area contributed by atoms with Crippen LogP contribution in [0.4, 0.5) is 17.2 Å². The zero-order chi connectivity index (χ0) is 13.8. The molecule has 0 bridgehead atoms. The van der Waals surface area contributed by atoms with Crippen LogP contribution in [0.25, 0.3) is 0 Å². The molecule has 0 spiro atoms. The predicted octanol–water partition coefficient (Wildman–Crippen LogP) is 3.05. The summed E-state index contributed by atoms with van der Waals surface area (Å²) < 4.78 is 5.81. The van der Waals surface area contributed by atoms with Gasteiger partial charge in [0.2, 0.25) is 5.88 Å². The van der Waals surface area contributed by atoms with E-state index in [4.69, 9.17) is 15.7 Å². The minimum absolute atomic E-state index is 0.474. The standard InChI is InChI=1S/C13H11BrN4O/c1-19-12-5-3-10(16)13(18-12)17-11-4-2-8(7-15)6-9(11)14/h2-6H,16H2,1H3,(H,17,18). The molecule has 1 heterocycles. The Labute approximate surface area is 119 Å². The summed E-state index contributed by atoms with van der Waals surface area (Å²) in [5, 5.41) is 11.9. The maximum absolute atomic E-state index is 8.81. The number of aromatic nitrogens is 1. The number of nitrogens with one attached hydrogen (secondary N) is 1. The van der Waals surface area contributed by atoms with E-state index in [1.165, 1.54) is 0 Å². The Morgan fingerprint density at radius 3 is 2.79 bits per heavy atom. The van der Waals surface area contributed by atoms with Crippen LogP contribution in [0.15, 0.2) is 34.8 Å². The van der Waals surface area contributed by atoms with Crippen molar-refractivity contribution in [2.24, 2.45) is 0 Å². The van der Waals surface area contributed by atoms with E-state index in [-0.39, 0.29) is 0 Å². The predicted molar refractivity (Wildman–Crippen MR) is 77.3 cm³/mol. The number of benzene rings is 1. The molecular weight excluding hydrogens is 308 g/mol. The van der Waals surface area contributed by atoms with Gasteiger partial charge in [0, 0.05) is 10.5 Å². The van der Waals surface area contributed by atoms with Crippen molar-refractivity contribution in [3.8, 4) is 11.9 Å². The average molecular weight is 319 g/mol. The van der Waals surface area contributed by atoms with Crippen molar-refractivity contribution < 1.29 is 4.74 Å². The normalized spacial score (nSPS) is 9.74. The second-order valence-corrected chi connectivity index (χ2v) is 4.58. The minimum atomic E-state index is 0.474. The van der Waals surface area contributed by atoms with E-state index in [0.717, 1.165) is 10.2 Å². The molecule has 6 heteroatoms. The van der Waals surface area contributed by atoms with Crippen molar-refractivity contribution in [1.82, 2.24) is 4.98 Å². The van der Waals surface area contributed by atoms with Gasteiger partial charge in [-0.05, 0) is 40.2 Å². The molecule has 2 aromatic rings. The van der Waals surface area contributed by atoms with Gasteiger partial charge in [-0.25, -0.2) is 0 Å². The molecule has 5 nitrogen and oxygen atoms in total. The van der Waals surface area contributed by atoms with Gasteiger partial charge in [0.15, 0.2) is 5.82 Å². The lowest BCUT2D eigenvalue weighted by atomic mass is 10.2. The zero-order valence-corrected chi connectivity index (χ0v) is 11.7. The largest absolute Gasteiger partial charge is 0.481 e. The SMILES string of the molecule is COc1ccc(N)c(Nc2ccc(C#N)cc2Br)n1. The Morgan fingerprint density at radius 1 is 1.37 bits per heavy atom. The summed E-state index contributed by atoms with van der Waals surface area (Å²) in [5.41, 5.74) is 7.70. The number of nitrogens with zero attached hydrogens (tertiary/aromatic N) is 2. The second kappa shape index (κ2) is 5.59. The number of nitrogen functional groups attached to an aromatic ring is 1. The Morgan fingerprint density at radius 2 is 2.16 bits per heavy atom. The van der Waals surface area contributed by atoms with E-state index in [9.17, 15) is 0 Å². The fourth-order valence-corrected chi connectivity index (χ4v) is 1.96. The summed E-state index contributed by atoms with van der Waals surface area (Å²) in [6.07, 6.45) is 0. The molecule has 0 saturated heterocycles. The van der Waals surface area contributed by atoms with Crippen LogP contribution in [-0.4, -0.2) is 12.1 Å². The number of anilines is 3. The van der Waals surface area contributed by atoms with Crippen molar-refractivity contribution in [2.75, 3.05) is 18.2 Å². The van der Waals surface area contributed by atoms with Gasteiger partial charge in [-0.1, -0.05) is 0 Å². The number of halogens is 1. The van der Waals surface area contributed by atoms with Crippen molar-refractivity contribution in [3.63, 3.8) is 0 Å². The summed E-state index contributed by atoms with van der Waals surface area (Å²) in [6.45, 7) is 0. The highest BCUT2D eigenvalue weighted by atomic mass is 79.9. The number of methoxy groups -OCH3 is 1. The van der Waals surface area contributed by atoms with Crippen molar-refractivity contribution >= 4 is 33.1 Å². The molecule has 0 aliphatic rings. The van der Waals surface area contributed by atoms with Gasteiger partial charge in [-0.3, -0.25) is 0 Å². The van der Waals surface area contributed by atoms with E-state index >= 15 is 0 Å². The van der Waals surface area contributed by atoms with Crippen molar-refractivity contribution in [1.29, 1.82) is 5.26 Å². The molecule has 0 unspecified atom stereocenters. The van der Waals surface area contributed by atoms with Gasteiger partial charge in [-0.2, -0.15) is 10.2 Å². The van der Waals surface area contributed by atoms with Crippen molar-refractivity contribution in [3.05, 3.63) is 40.4 Å². The Bertz CT molecular complexity index is 652. The first-order chi connectivity index (χ1) is 9.13. The van der Waals surface area contributed by atoms with E-state index < -0.39 is 0 Å². The average Bonchev–Trinajstić information content (AvgIpc) is 2.43. The quantitative estimate of drug-likeness (QED) is 0.908. The third kappa shape index (κ3) is 2.95. The van der Waals surface area contributed by atoms with E-state index in [1.54, 1.807) is 37.4 Å². The fourth-order valence-electron chi connectivity index (χ4n) is 1.48. The molecule has 0 saturated carbocycles. The molecule has 96 valence electrons. The van der Waals surface area contributed by atoms with Gasteiger partial charge in [0.05, 0.1) is 30.1 Å². The summed E-state index contributed by atoms with van der Waals surface area (Å²) in [4.78, 5) is 4.23. The minimum Gasteiger partial charge on any atom is -0.481 e. The summed E-state index contributed by atoms with van der Waals surface area (Å²) >= 11 is 3.39. The lowest BCUT2D eigenvalue weighted by Gasteiger charge is -2.11. The molecule has 0 atom stereocenters. The van der Waals surface area contributed by atoms with Gasteiger partial charge in [0.25, 0.3) is 0 Å². The number of hydrogen-bond acceptors (Lipinski definition) is 5. The van der Waals surface area contributed by atoms with Gasteiger partial charge >= 0.3 is 0 Å². The lowest BCUT2D eigenvalue weighted by Crippen LogP contribution is -2.01. The molecule has 0 aliphatic carbocycles. The first kappa shape index (κ1) is 13.2. The maximum atomic E-state index is 8.81. The highest BCUT2D eigenvalue weighted by Gasteiger charge is 2.07. The van der Waals surface area contributed by atoms with Crippen LogP contribution in [0.3, 0.4) is 0 Å². The van der Waals surface area contributed by atoms with Crippen LogP contribution in [0.2, 0.25) is 0 Å². The van der Waals surface area contributed by atoms with E-state index in [0.29, 0.717) is 22.9 Å². The number of hydrogen-bond donors (Lipinski definition) is 2. The van der Waals surface area contributed by atoms with Crippen LogP contribution < -0.4 is 15.8 Å². The number of ether oxygens (including phenoxy) is 1. The Hall–Kier alpha value is -2.26. The van der Waals surface area contributed by atoms with Gasteiger partial charge < -0.3 is 15.8 Å². The van der Waals surface area contributed by atoms with E-state index in [2.05, 4.69) is 32.3 Å². The van der Waals surface area contributed by atoms with Crippen LogP contribution in [-0.2, 0) is 0 Å². The first-order valence-electron chi connectivity index (χ1n) is 5.41. The topological polar surface area (TPSA) is 84.0 Å². The zero-order valence-electron chi connectivity index (χ0n) is 10.1. The van der Waals surface area contributed by atoms with Gasteiger partial charge in [0.1, 0.15) is 0 Å². The number of nitrogens with two attached hydrogens (primary N) is 1. The third-order valence-corrected chi connectivity index (χ3v) is 3.12. The van der Waals surface area contributed by atoms with E-state index in [1.807, 2.05) is 0 Å². The molecule has 1 aromatic carbocycles. The molecule has 1 aromatic heterocycles. The molecule has 2 rings (SSSR count). The summed E-state index contributed by atoms with van der Waals surface area (Å²) in [6, 6.07) is 10.7. The number of nitriles is 1. The van der Waals surface area contributed by atoms with Gasteiger partial charge in [-0.15, -0.1) is 0 Å². The van der Waals surface area contributed by atoms with Crippen LogP contribution in [0.5, 0.6) is 5.88 Å². The number of rotatable bonds is 3. The van der Waals surface area contributed by atoms with Crippen LogP contribution in [0.1, 0.15) is 5.56 Å².